The normalized spacial score (nSPS) is 29.4. The molecule has 2 aliphatic rings. The molecule has 0 atom stereocenters. The largest absolute Gasteiger partial charge is 0.396 e. The summed E-state index contributed by atoms with van der Waals surface area (Å²) in [6, 6.07) is 0.976. The highest BCUT2D eigenvalue weighted by Crippen LogP contribution is 2.25. The van der Waals surface area contributed by atoms with Gasteiger partial charge < -0.3 is 10.4 Å². The highest BCUT2D eigenvalue weighted by atomic mass is 16.3. The first-order chi connectivity index (χ1) is 8.19. The van der Waals surface area contributed by atoms with E-state index < -0.39 is 0 Å². The zero-order valence-corrected chi connectivity index (χ0v) is 10.7. The van der Waals surface area contributed by atoms with Crippen molar-refractivity contribution in [2.24, 2.45) is 5.92 Å². The van der Waals surface area contributed by atoms with Crippen molar-refractivity contribution in [3.8, 4) is 0 Å². The van der Waals surface area contributed by atoms with Crippen LogP contribution in [0.3, 0.4) is 0 Å². The lowest BCUT2D eigenvalue weighted by Crippen LogP contribution is -2.43. The summed E-state index contributed by atoms with van der Waals surface area (Å²) in [6.45, 7) is 0.829. The molecule has 0 bridgehead atoms. The Labute approximate surface area is 103 Å². The highest BCUT2D eigenvalue weighted by Gasteiger charge is 2.28. The first-order valence-corrected chi connectivity index (χ1v) is 6.79. The van der Waals surface area contributed by atoms with Crippen LogP contribution in [-0.4, -0.2) is 48.2 Å². The SMILES string of the molecule is CN(CC(=O)NC1CCC(CO)CC1)C1CC1. The number of amides is 1. The van der Waals surface area contributed by atoms with Gasteiger partial charge in [0.25, 0.3) is 0 Å². The van der Waals surface area contributed by atoms with E-state index in [1.165, 1.54) is 12.8 Å². The average molecular weight is 240 g/mol. The fourth-order valence-electron chi connectivity index (χ4n) is 2.63. The molecule has 0 heterocycles. The molecule has 0 radical (unpaired) electrons. The Kier molecular flexibility index (Phi) is 4.40. The van der Waals surface area contributed by atoms with E-state index in [-0.39, 0.29) is 5.91 Å². The van der Waals surface area contributed by atoms with E-state index in [1.807, 2.05) is 7.05 Å². The molecule has 98 valence electrons. The standard InChI is InChI=1S/C13H24N2O2/c1-15(12-6-7-12)8-13(17)14-11-4-2-10(9-16)3-5-11/h10-12,16H,2-9H2,1H3,(H,14,17). The Bertz CT molecular complexity index is 258. The number of hydrogen-bond donors (Lipinski definition) is 2. The van der Waals surface area contributed by atoms with Gasteiger partial charge in [0.15, 0.2) is 0 Å². The van der Waals surface area contributed by atoms with Gasteiger partial charge in [-0.1, -0.05) is 0 Å². The van der Waals surface area contributed by atoms with Gasteiger partial charge in [-0.25, -0.2) is 0 Å². The maximum Gasteiger partial charge on any atom is 0.234 e. The molecule has 4 heteroatoms. The van der Waals surface area contributed by atoms with Gasteiger partial charge in [0.05, 0.1) is 6.54 Å². The van der Waals surface area contributed by atoms with E-state index in [9.17, 15) is 4.79 Å². The third-order valence-electron chi connectivity index (χ3n) is 4.03. The molecule has 0 aromatic carbocycles. The molecule has 0 aliphatic heterocycles. The van der Waals surface area contributed by atoms with Gasteiger partial charge in [0.2, 0.25) is 5.91 Å². The van der Waals surface area contributed by atoms with Crippen molar-refractivity contribution in [1.82, 2.24) is 10.2 Å². The Morgan fingerprint density at radius 1 is 1.24 bits per heavy atom. The molecule has 1 amide bonds. The van der Waals surface area contributed by atoms with Crippen molar-refractivity contribution >= 4 is 5.91 Å². The number of nitrogens with zero attached hydrogens (tertiary/aromatic N) is 1. The van der Waals surface area contributed by atoms with Gasteiger partial charge in [0, 0.05) is 18.7 Å². The van der Waals surface area contributed by atoms with Crippen molar-refractivity contribution < 1.29 is 9.90 Å². The molecular formula is C13H24N2O2. The lowest BCUT2D eigenvalue weighted by molar-refractivity contribution is -0.123. The van der Waals surface area contributed by atoms with Crippen molar-refractivity contribution in [2.75, 3.05) is 20.2 Å². The number of carbonyl (C=O) groups excluding carboxylic acids is 1. The monoisotopic (exact) mass is 240 g/mol. The number of carbonyl (C=O) groups is 1. The molecule has 0 spiro atoms. The molecule has 2 saturated carbocycles. The first-order valence-electron chi connectivity index (χ1n) is 6.79. The second-order valence-electron chi connectivity index (χ2n) is 5.61. The van der Waals surface area contributed by atoms with E-state index in [4.69, 9.17) is 5.11 Å². The minimum atomic E-state index is 0.159. The predicted molar refractivity (Wildman–Crippen MR) is 66.6 cm³/mol. The van der Waals surface area contributed by atoms with Crippen LogP contribution in [0.4, 0.5) is 0 Å². The second kappa shape index (κ2) is 5.83. The van der Waals surface area contributed by atoms with Gasteiger partial charge in [-0.15, -0.1) is 0 Å². The smallest absolute Gasteiger partial charge is 0.234 e. The van der Waals surface area contributed by atoms with Crippen LogP contribution in [0.1, 0.15) is 38.5 Å². The fraction of sp³-hybridized carbons (Fsp3) is 0.923. The number of aliphatic hydroxyl groups excluding tert-OH is 1. The number of aliphatic hydroxyl groups is 1. The van der Waals surface area contributed by atoms with Gasteiger partial charge >= 0.3 is 0 Å². The number of rotatable bonds is 5. The van der Waals surface area contributed by atoms with Crippen LogP contribution in [0.15, 0.2) is 0 Å². The van der Waals surface area contributed by atoms with Gasteiger partial charge in [0.1, 0.15) is 0 Å². The molecule has 2 N–H and O–H groups in total. The van der Waals surface area contributed by atoms with Crippen LogP contribution < -0.4 is 5.32 Å². The quantitative estimate of drug-likeness (QED) is 0.745. The summed E-state index contributed by atoms with van der Waals surface area (Å²) in [5, 5.41) is 12.2. The van der Waals surface area contributed by atoms with Crippen LogP contribution in [-0.2, 0) is 4.79 Å². The molecule has 0 aromatic rings. The minimum Gasteiger partial charge on any atom is -0.396 e. The van der Waals surface area contributed by atoms with Gasteiger partial charge in [-0.05, 0) is 51.5 Å². The Morgan fingerprint density at radius 3 is 2.41 bits per heavy atom. The molecule has 0 aromatic heterocycles. The lowest BCUT2D eigenvalue weighted by Gasteiger charge is -2.28. The third-order valence-corrected chi connectivity index (χ3v) is 4.03. The molecule has 2 aliphatic carbocycles. The Balaban J connectivity index is 1.64. The fourth-order valence-corrected chi connectivity index (χ4v) is 2.63. The molecule has 17 heavy (non-hydrogen) atoms. The molecular weight excluding hydrogens is 216 g/mol. The predicted octanol–water partition coefficient (Wildman–Crippen LogP) is 0.748. The summed E-state index contributed by atoms with van der Waals surface area (Å²) < 4.78 is 0. The van der Waals surface area contributed by atoms with Crippen LogP contribution in [0.2, 0.25) is 0 Å². The maximum atomic E-state index is 11.8. The van der Waals surface area contributed by atoms with Crippen LogP contribution >= 0.6 is 0 Å². The molecule has 0 unspecified atom stereocenters. The topological polar surface area (TPSA) is 52.6 Å². The lowest BCUT2D eigenvalue weighted by atomic mass is 9.86. The summed E-state index contributed by atoms with van der Waals surface area (Å²) in [5.74, 6) is 0.615. The van der Waals surface area contributed by atoms with Gasteiger partial charge in [-0.2, -0.15) is 0 Å². The van der Waals surface area contributed by atoms with E-state index in [1.54, 1.807) is 0 Å². The Hall–Kier alpha value is -0.610. The van der Waals surface area contributed by atoms with E-state index >= 15 is 0 Å². The molecule has 2 rings (SSSR count). The summed E-state index contributed by atoms with van der Waals surface area (Å²) in [6.07, 6.45) is 6.60. The number of likely N-dealkylation sites (N-methyl/N-ethyl adjacent to an activating group) is 1. The maximum absolute atomic E-state index is 11.8. The van der Waals surface area contributed by atoms with Crippen molar-refractivity contribution in [2.45, 2.75) is 50.6 Å². The van der Waals surface area contributed by atoms with E-state index in [0.29, 0.717) is 31.2 Å². The first kappa shape index (κ1) is 12.8. The molecule has 2 fully saturated rings. The summed E-state index contributed by atoms with van der Waals surface area (Å²) >= 11 is 0. The van der Waals surface area contributed by atoms with Crippen LogP contribution in [0.25, 0.3) is 0 Å². The van der Waals surface area contributed by atoms with Crippen molar-refractivity contribution in [3.05, 3.63) is 0 Å². The van der Waals surface area contributed by atoms with Gasteiger partial charge in [-0.3, -0.25) is 9.69 Å². The van der Waals surface area contributed by atoms with E-state index in [2.05, 4.69) is 10.2 Å². The molecule has 0 saturated heterocycles. The number of nitrogens with one attached hydrogen (secondary N) is 1. The third kappa shape index (κ3) is 3.96. The number of hydrogen-bond acceptors (Lipinski definition) is 3. The summed E-state index contributed by atoms with van der Waals surface area (Å²) in [7, 11) is 2.03. The van der Waals surface area contributed by atoms with Crippen LogP contribution in [0, 0.1) is 5.92 Å². The highest BCUT2D eigenvalue weighted by molar-refractivity contribution is 5.78. The average Bonchev–Trinajstić information content (AvgIpc) is 3.13. The molecule has 4 nitrogen and oxygen atoms in total. The summed E-state index contributed by atoms with van der Waals surface area (Å²) in [5.41, 5.74) is 0. The zero-order chi connectivity index (χ0) is 12.3. The van der Waals surface area contributed by atoms with Crippen molar-refractivity contribution in [3.63, 3.8) is 0 Å². The Morgan fingerprint density at radius 2 is 1.88 bits per heavy atom. The second-order valence-corrected chi connectivity index (χ2v) is 5.61. The summed E-state index contributed by atoms with van der Waals surface area (Å²) in [4.78, 5) is 14.0. The van der Waals surface area contributed by atoms with Crippen molar-refractivity contribution in [1.29, 1.82) is 0 Å². The van der Waals surface area contributed by atoms with Crippen LogP contribution in [0.5, 0.6) is 0 Å². The van der Waals surface area contributed by atoms with E-state index in [0.717, 1.165) is 25.7 Å². The zero-order valence-electron chi connectivity index (χ0n) is 10.7. The minimum absolute atomic E-state index is 0.159.